The summed E-state index contributed by atoms with van der Waals surface area (Å²) in [7, 11) is 0. The number of carbonyl (C=O) groups excluding carboxylic acids is 1. The lowest BCUT2D eigenvalue weighted by Gasteiger charge is -2.04. The second kappa shape index (κ2) is 7.84. The minimum Gasteiger partial charge on any atom is -0.407 e. The van der Waals surface area contributed by atoms with Gasteiger partial charge >= 0.3 is 5.76 Å². The van der Waals surface area contributed by atoms with Crippen molar-refractivity contribution in [2.75, 3.05) is 0 Å². The predicted molar refractivity (Wildman–Crippen MR) is 108 cm³/mol. The summed E-state index contributed by atoms with van der Waals surface area (Å²) in [6, 6.07) is 11.8. The van der Waals surface area contributed by atoms with Gasteiger partial charge in [-0.15, -0.1) is 11.3 Å². The van der Waals surface area contributed by atoms with Crippen molar-refractivity contribution >= 4 is 44.2 Å². The zero-order valence-corrected chi connectivity index (χ0v) is 16.0. The maximum atomic E-state index is 12.1. The molecule has 10 heteroatoms. The number of carbonyl (C=O) groups is 1. The van der Waals surface area contributed by atoms with E-state index >= 15 is 0 Å². The van der Waals surface area contributed by atoms with Crippen LogP contribution in [0.2, 0.25) is 0 Å². The molecule has 148 valence electrons. The van der Waals surface area contributed by atoms with E-state index in [4.69, 9.17) is 4.42 Å². The van der Waals surface area contributed by atoms with Crippen LogP contribution in [0.15, 0.2) is 51.7 Å². The average Bonchev–Trinajstić information content (AvgIpc) is 3.26. The van der Waals surface area contributed by atoms with E-state index in [0.717, 1.165) is 15.2 Å². The number of nitro benzene ring substituents is 1. The molecule has 29 heavy (non-hydrogen) atoms. The Morgan fingerprint density at radius 1 is 1.28 bits per heavy atom. The van der Waals surface area contributed by atoms with E-state index in [2.05, 4.69) is 10.3 Å². The largest absolute Gasteiger partial charge is 0.419 e. The number of oxazole rings is 1. The number of non-ortho nitro benzene ring substituents is 1. The highest BCUT2D eigenvalue weighted by Gasteiger charge is 2.14. The Hall–Kier alpha value is -3.53. The molecular weight excluding hydrogens is 396 g/mol. The number of para-hydroxylation sites is 1. The molecule has 0 spiro atoms. The van der Waals surface area contributed by atoms with Gasteiger partial charge < -0.3 is 9.73 Å². The molecule has 0 aliphatic rings. The first-order valence-electron chi connectivity index (χ1n) is 8.90. The third kappa shape index (κ3) is 4.02. The molecule has 0 aliphatic carbocycles. The van der Waals surface area contributed by atoms with Crippen molar-refractivity contribution in [1.82, 2.24) is 14.9 Å². The summed E-state index contributed by atoms with van der Waals surface area (Å²) in [4.78, 5) is 38.9. The molecule has 0 fully saturated rings. The molecule has 0 bridgehead atoms. The monoisotopic (exact) mass is 412 g/mol. The lowest BCUT2D eigenvalue weighted by molar-refractivity contribution is -0.384. The molecule has 0 unspecified atom stereocenters. The highest BCUT2D eigenvalue weighted by Crippen LogP contribution is 2.22. The van der Waals surface area contributed by atoms with E-state index in [1.165, 1.54) is 34.1 Å². The fraction of sp³-hybridized carbons (Fsp3) is 0.211. The summed E-state index contributed by atoms with van der Waals surface area (Å²) in [6.45, 7) is 0.634. The van der Waals surface area contributed by atoms with Gasteiger partial charge in [-0.3, -0.25) is 19.5 Å². The predicted octanol–water partition coefficient (Wildman–Crippen LogP) is 3.21. The Morgan fingerprint density at radius 2 is 2.10 bits per heavy atom. The number of nitrogens with one attached hydrogen (secondary N) is 1. The van der Waals surface area contributed by atoms with E-state index in [0.29, 0.717) is 18.5 Å². The van der Waals surface area contributed by atoms with E-state index in [9.17, 15) is 19.7 Å². The molecule has 0 radical (unpaired) electrons. The van der Waals surface area contributed by atoms with Gasteiger partial charge in [-0.25, -0.2) is 9.78 Å². The molecule has 9 nitrogen and oxygen atoms in total. The van der Waals surface area contributed by atoms with Crippen molar-refractivity contribution in [3.63, 3.8) is 0 Å². The fourth-order valence-corrected chi connectivity index (χ4v) is 3.94. The van der Waals surface area contributed by atoms with Crippen molar-refractivity contribution in [3.05, 3.63) is 68.1 Å². The molecule has 0 saturated carbocycles. The third-order valence-electron chi connectivity index (χ3n) is 4.42. The number of nitro groups is 1. The standard InChI is InChI=1S/C19H16N4O5S/c24-17(20-11-18-21-13-4-1-2-5-16(13)29-18)6-3-9-22-14-8-7-12(23(26)27)10-15(14)28-19(22)25/h1-2,4-5,7-8,10H,3,6,9,11H2,(H,20,24). The minimum atomic E-state index is -0.601. The van der Waals surface area contributed by atoms with Crippen molar-refractivity contribution in [3.8, 4) is 0 Å². The second-order valence-corrected chi connectivity index (χ2v) is 7.50. The molecule has 0 atom stereocenters. The Bertz CT molecular complexity index is 1240. The Balaban J connectivity index is 1.33. The zero-order valence-electron chi connectivity index (χ0n) is 15.2. The van der Waals surface area contributed by atoms with Crippen LogP contribution in [0.5, 0.6) is 0 Å². The van der Waals surface area contributed by atoms with Gasteiger partial charge in [0.2, 0.25) is 5.91 Å². The highest BCUT2D eigenvalue weighted by atomic mass is 32.1. The van der Waals surface area contributed by atoms with Crippen LogP contribution in [0, 0.1) is 10.1 Å². The van der Waals surface area contributed by atoms with Gasteiger partial charge in [-0.2, -0.15) is 0 Å². The normalized spacial score (nSPS) is 11.2. The first kappa shape index (κ1) is 18.8. The van der Waals surface area contributed by atoms with Crippen LogP contribution in [0.4, 0.5) is 5.69 Å². The lowest BCUT2D eigenvalue weighted by Crippen LogP contribution is -2.23. The summed E-state index contributed by atoms with van der Waals surface area (Å²) in [6.07, 6.45) is 0.661. The smallest absolute Gasteiger partial charge is 0.407 e. The fourth-order valence-electron chi connectivity index (χ4n) is 3.04. The summed E-state index contributed by atoms with van der Waals surface area (Å²) in [5.74, 6) is -0.740. The van der Waals surface area contributed by atoms with Crippen LogP contribution in [-0.4, -0.2) is 20.4 Å². The Labute approximate surface area is 167 Å². The zero-order chi connectivity index (χ0) is 20.4. The number of rotatable bonds is 7. The average molecular weight is 412 g/mol. The van der Waals surface area contributed by atoms with Gasteiger partial charge in [0.25, 0.3) is 5.69 Å². The number of amides is 1. The number of hydrogen-bond donors (Lipinski definition) is 1. The molecular formula is C19H16N4O5S. The number of fused-ring (bicyclic) bond motifs is 2. The van der Waals surface area contributed by atoms with E-state index in [-0.39, 0.29) is 30.1 Å². The Kier molecular flexibility index (Phi) is 5.09. The van der Waals surface area contributed by atoms with E-state index < -0.39 is 10.7 Å². The minimum absolute atomic E-state index is 0.138. The van der Waals surface area contributed by atoms with Crippen LogP contribution in [0.25, 0.3) is 21.3 Å². The number of hydrogen-bond acceptors (Lipinski definition) is 7. The van der Waals surface area contributed by atoms with Gasteiger partial charge in [-0.1, -0.05) is 12.1 Å². The van der Waals surface area contributed by atoms with Crippen LogP contribution >= 0.6 is 11.3 Å². The molecule has 4 aromatic rings. The molecule has 2 aromatic carbocycles. The number of aromatic nitrogens is 2. The number of aryl methyl sites for hydroxylation is 1. The lowest BCUT2D eigenvalue weighted by atomic mass is 10.2. The quantitative estimate of drug-likeness (QED) is 0.368. The van der Waals surface area contributed by atoms with E-state index in [1.54, 1.807) is 0 Å². The Morgan fingerprint density at radius 3 is 2.90 bits per heavy atom. The summed E-state index contributed by atoms with van der Waals surface area (Å²) in [5, 5.41) is 14.5. The first-order valence-corrected chi connectivity index (χ1v) is 9.72. The highest BCUT2D eigenvalue weighted by molar-refractivity contribution is 7.18. The number of nitrogens with zero attached hydrogens (tertiary/aromatic N) is 3. The molecule has 0 saturated heterocycles. The maximum Gasteiger partial charge on any atom is 0.419 e. The summed E-state index contributed by atoms with van der Waals surface area (Å²) in [5.41, 5.74) is 1.39. The van der Waals surface area contributed by atoms with Crippen molar-refractivity contribution in [2.45, 2.75) is 25.9 Å². The number of thiazole rings is 1. The third-order valence-corrected chi connectivity index (χ3v) is 5.46. The maximum absolute atomic E-state index is 12.1. The molecule has 1 N–H and O–H groups in total. The van der Waals surface area contributed by atoms with Crippen LogP contribution in [-0.2, 0) is 17.9 Å². The first-order chi connectivity index (χ1) is 14.0. The van der Waals surface area contributed by atoms with Crippen LogP contribution in [0.1, 0.15) is 17.8 Å². The molecule has 1 amide bonds. The molecule has 2 aromatic heterocycles. The van der Waals surface area contributed by atoms with Crippen molar-refractivity contribution < 1.29 is 14.1 Å². The van der Waals surface area contributed by atoms with Crippen molar-refractivity contribution in [1.29, 1.82) is 0 Å². The molecule has 2 heterocycles. The van der Waals surface area contributed by atoms with E-state index in [1.807, 2.05) is 24.3 Å². The van der Waals surface area contributed by atoms with Crippen LogP contribution in [0.3, 0.4) is 0 Å². The van der Waals surface area contributed by atoms with Gasteiger partial charge in [0.1, 0.15) is 5.01 Å². The molecule has 4 rings (SSSR count). The van der Waals surface area contributed by atoms with Gasteiger partial charge in [0, 0.05) is 19.0 Å². The van der Waals surface area contributed by atoms with Crippen molar-refractivity contribution in [2.24, 2.45) is 0 Å². The summed E-state index contributed by atoms with van der Waals surface area (Å²) >= 11 is 1.54. The summed E-state index contributed by atoms with van der Waals surface area (Å²) < 4.78 is 7.52. The number of benzene rings is 2. The van der Waals surface area contributed by atoms with Gasteiger partial charge in [0.05, 0.1) is 33.3 Å². The molecule has 0 aliphatic heterocycles. The SMILES string of the molecule is O=C(CCCn1c(=O)oc2cc([N+](=O)[O-])ccc21)NCc1nc2ccccc2s1. The van der Waals surface area contributed by atoms with Gasteiger partial charge in [-0.05, 0) is 24.6 Å². The second-order valence-electron chi connectivity index (χ2n) is 6.38. The van der Waals surface area contributed by atoms with Crippen LogP contribution < -0.4 is 11.1 Å². The topological polar surface area (TPSA) is 120 Å². The van der Waals surface area contributed by atoms with Gasteiger partial charge in [0.15, 0.2) is 5.58 Å².